The largest absolute Gasteiger partial charge is 0.381 e. The van der Waals surface area contributed by atoms with Gasteiger partial charge in [0.25, 0.3) is 0 Å². The van der Waals surface area contributed by atoms with E-state index >= 15 is 0 Å². The second-order valence-electron chi connectivity index (χ2n) is 8.65. The minimum Gasteiger partial charge on any atom is -0.381 e. The maximum absolute atomic E-state index is 14.8. The zero-order chi connectivity index (χ0) is 21.1. The van der Waals surface area contributed by atoms with Gasteiger partial charge in [-0.15, -0.1) is 0 Å². The van der Waals surface area contributed by atoms with Crippen LogP contribution in [-0.2, 0) is 9.59 Å². The normalized spacial score (nSPS) is 22.9. The highest BCUT2D eigenvalue weighted by atomic mass is 19.1. The highest BCUT2D eigenvalue weighted by Gasteiger charge is 2.26. The van der Waals surface area contributed by atoms with Crippen molar-refractivity contribution in [3.63, 3.8) is 0 Å². The third kappa shape index (κ3) is 5.27. The van der Waals surface area contributed by atoms with Gasteiger partial charge < -0.3 is 10.2 Å². The van der Waals surface area contributed by atoms with Gasteiger partial charge in [-0.2, -0.15) is 0 Å². The lowest BCUT2D eigenvalue weighted by molar-refractivity contribution is -0.133. The fourth-order valence-corrected chi connectivity index (χ4v) is 4.64. The van der Waals surface area contributed by atoms with Gasteiger partial charge in [0.15, 0.2) is 0 Å². The number of amides is 2. The summed E-state index contributed by atoms with van der Waals surface area (Å²) in [6.07, 6.45) is 2.71. The van der Waals surface area contributed by atoms with Gasteiger partial charge in [0.05, 0.1) is 5.69 Å². The molecule has 4 rings (SSSR count). The molecule has 0 bridgehead atoms. The van der Waals surface area contributed by atoms with Crippen molar-refractivity contribution >= 4 is 23.2 Å². The summed E-state index contributed by atoms with van der Waals surface area (Å²) in [5.74, 6) is 5.66. The number of piperidine rings is 2. The summed E-state index contributed by atoms with van der Waals surface area (Å²) >= 11 is 0. The number of nitrogens with two attached hydrogens (primary N) is 1. The lowest BCUT2D eigenvalue weighted by Crippen LogP contribution is -2.49. The maximum Gasteiger partial charge on any atom is 0.228 e. The minimum absolute atomic E-state index is 0.210. The number of nitrogens with zero attached hydrogens (tertiary/aromatic N) is 3. The Morgan fingerprint density at radius 1 is 1.03 bits per heavy atom. The van der Waals surface area contributed by atoms with Gasteiger partial charge in [-0.25, -0.2) is 9.40 Å². The van der Waals surface area contributed by atoms with Crippen LogP contribution in [0, 0.1) is 11.7 Å². The summed E-state index contributed by atoms with van der Waals surface area (Å²) in [5.41, 5.74) is 1.20. The van der Waals surface area contributed by atoms with Crippen LogP contribution in [0.5, 0.6) is 0 Å². The van der Waals surface area contributed by atoms with Gasteiger partial charge in [-0.3, -0.25) is 25.6 Å². The molecule has 0 aromatic heterocycles. The van der Waals surface area contributed by atoms with Crippen molar-refractivity contribution in [3.05, 3.63) is 24.0 Å². The van der Waals surface area contributed by atoms with Gasteiger partial charge in [0.2, 0.25) is 11.8 Å². The number of rotatable bonds is 5. The van der Waals surface area contributed by atoms with Crippen LogP contribution in [0.1, 0.15) is 25.7 Å². The molecule has 164 valence electrons. The van der Waals surface area contributed by atoms with Crippen LogP contribution in [0.15, 0.2) is 18.2 Å². The van der Waals surface area contributed by atoms with Crippen molar-refractivity contribution in [1.29, 1.82) is 0 Å². The van der Waals surface area contributed by atoms with Crippen LogP contribution in [0.4, 0.5) is 15.8 Å². The molecule has 0 radical (unpaired) electrons. The Morgan fingerprint density at radius 2 is 1.70 bits per heavy atom. The first-order valence-corrected chi connectivity index (χ1v) is 10.8. The summed E-state index contributed by atoms with van der Waals surface area (Å²) in [4.78, 5) is 27.6. The molecule has 9 heteroatoms. The predicted octanol–water partition coefficient (Wildman–Crippen LogP) is 0.751. The molecule has 30 heavy (non-hydrogen) atoms. The van der Waals surface area contributed by atoms with Crippen molar-refractivity contribution in [2.24, 2.45) is 11.8 Å². The highest BCUT2D eigenvalue weighted by molar-refractivity contribution is 5.98. The molecule has 1 aromatic carbocycles. The summed E-state index contributed by atoms with van der Waals surface area (Å²) in [5, 5.41) is 7.29. The quantitative estimate of drug-likeness (QED) is 0.480. The van der Waals surface area contributed by atoms with Crippen molar-refractivity contribution < 1.29 is 14.0 Å². The van der Waals surface area contributed by atoms with Gasteiger partial charge in [-0.05, 0) is 37.0 Å². The molecule has 0 saturated carbocycles. The average Bonchev–Trinajstić information content (AvgIpc) is 2.70. The SMILES string of the molecule is NN1CCC(CN2CCN(c3ccc(NC4CC(=O)NC(=O)C4)cc3F)CC2)CC1. The second kappa shape index (κ2) is 9.28. The monoisotopic (exact) mass is 418 g/mol. The number of carbonyl (C=O) groups excluding carboxylic acids is 2. The van der Waals surface area contributed by atoms with Gasteiger partial charge in [0, 0.05) is 70.4 Å². The van der Waals surface area contributed by atoms with Crippen LogP contribution >= 0.6 is 0 Å². The van der Waals surface area contributed by atoms with Crippen LogP contribution in [0.25, 0.3) is 0 Å². The van der Waals surface area contributed by atoms with E-state index in [1.807, 2.05) is 11.1 Å². The van der Waals surface area contributed by atoms with Crippen LogP contribution in [-0.4, -0.2) is 73.6 Å². The van der Waals surface area contributed by atoms with Crippen molar-refractivity contribution in [2.45, 2.75) is 31.7 Å². The number of imide groups is 1. The topological polar surface area (TPSA) is 93.9 Å². The third-order valence-corrected chi connectivity index (χ3v) is 6.34. The number of carbonyl (C=O) groups is 2. The number of piperazine rings is 1. The van der Waals surface area contributed by atoms with Crippen LogP contribution in [0.2, 0.25) is 0 Å². The number of hydrogen-bond acceptors (Lipinski definition) is 7. The lowest BCUT2D eigenvalue weighted by atomic mass is 9.97. The van der Waals surface area contributed by atoms with Crippen molar-refractivity contribution in [3.8, 4) is 0 Å². The third-order valence-electron chi connectivity index (χ3n) is 6.34. The zero-order valence-electron chi connectivity index (χ0n) is 17.3. The summed E-state index contributed by atoms with van der Waals surface area (Å²) < 4.78 is 14.8. The van der Waals surface area contributed by atoms with E-state index in [1.165, 1.54) is 6.07 Å². The molecule has 8 nitrogen and oxygen atoms in total. The number of halogens is 1. The first-order valence-electron chi connectivity index (χ1n) is 10.8. The first-order chi connectivity index (χ1) is 14.5. The minimum atomic E-state index is -0.300. The summed E-state index contributed by atoms with van der Waals surface area (Å²) in [7, 11) is 0. The predicted molar refractivity (Wildman–Crippen MR) is 113 cm³/mol. The standard InChI is InChI=1S/C21H31FN6O2/c22-18-11-16(24-17-12-20(29)25-21(30)13-17)1-2-19(18)27-9-7-26(8-10-27)14-15-3-5-28(23)6-4-15/h1-2,11,15,17,24H,3-10,12-14,23H2,(H,25,29,30). The van der Waals surface area contributed by atoms with Crippen molar-refractivity contribution in [1.82, 2.24) is 15.2 Å². The van der Waals surface area contributed by atoms with Gasteiger partial charge in [0.1, 0.15) is 5.82 Å². The first kappa shape index (κ1) is 21.0. The summed E-state index contributed by atoms with van der Waals surface area (Å²) in [6, 6.07) is 4.77. The molecule has 0 unspecified atom stereocenters. The Bertz CT molecular complexity index is 759. The Balaban J connectivity index is 1.28. The molecule has 0 spiro atoms. The van der Waals surface area contributed by atoms with Gasteiger partial charge in [-0.1, -0.05) is 0 Å². The van der Waals surface area contributed by atoms with Crippen LogP contribution < -0.4 is 21.4 Å². The fraction of sp³-hybridized carbons (Fsp3) is 0.619. The number of hydrogen-bond donors (Lipinski definition) is 3. The Labute approximate surface area is 176 Å². The maximum atomic E-state index is 14.8. The van der Waals surface area contributed by atoms with E-state index in [4.69, 9.17) is 5.84 Å². The van der Waals surface area contributed by atoms with Crippen molar-refractivity contribution in [2.75, 3.05) is 56.0 Å². The molecule has 0 atom stereocenters. The number of nitrogens with one attached hydrogen (secondary N) is 2. The Kier molecular flexibility index (Phi) is 6.50. The highest BCUT2D eigenvalue weighted by Crippen LogP contribution is 2.26. The molecule has 3 fully saturated rings. The Hall–Kier alpha value is -2.23. The molecule has 3 saturated heterocycles. The van der Waals surface area contributed by atoms with E-state index in [9.17, 15) is 14.0 Å². The van der Waals surface area contributed by atoms with E-state index in [0.717, 1.165) is 58.7 Å². The smallest absolute Gasteiger partial charge is 0.228 e. The fourth-order valence-electron chi connectivity index (χ4n) is 4.64. The number of hydrazine groups is 1. The molecule has 2 amide bonds. The number of anilines is 2. The molecular weight excluding hydrogens is 387 g/mol. The van der Waals surface area contributed by atoms with Gasteiger partial charge >= 0.3 is 0 Å². The van der Waals surface area contributed by atoms with Crippen LogP contribution in [0.3, 0.4) is 0 Å². The molecule has 0 aliphatic carbocycles. The Morgan fingerprint density at radius 3 is 2.33 bits per heavy atom. The summed E-state index contributed by atoms with van der Waals surface area (Å²) in [6.45, 7) is 6.50. The zero-order valence-corrected chi connectivity index (χ0v) is 17.3. The van der Waals surface area contributed by atoms with E-state index in [2.05, 4.69) is 20.4 Å². The van der Waals surface area contributed by atoms with E-state index in [-0.39, 0.29) is 36.5 Å². The molecule has 4 N–H and O–H groups in total. The molecular formula is C21H31FN6O2. The lowest BCUT2D eigenvalue weighted by Gasteiger charge is -2.39. The second-order valence-corrected chi connectivity index (χ2v) is 8.65. The van der Waals surface area contributed by atoms with E-state index < -0.39 is 0 Å². The number of benzene rings is 1. The average molecular weight is 419 g/mol. The molecule has 1 aromatic rings. The molecule has 3 aliphatic rings. The van der Waals surface area contributed by atoms with E-state index in [0.29, 0.717) is 17.3 Å². The molecule has 3 aliphatic heterocycles. The molecule has 3 heterocycles. The van der Waals surface area contributed by atoms with E-state index in [1.54, 1.807) is 6.07 Å².